The Balaban J connectivity index is 1.97. The Kier molecular flexibility index (Phi) is 6.13. The second-order valence-electron chi connectivity index (χ2n) is 4.98. The zero-order valence-electron chi connectivity index (χ0n) is 10.9. The van der Waals surface area contributed by atoms with E-state index in [0.717, 1.165) is 10.2 Å². The van der Waals surface area contributed by atoms with Crippen molar-refractivity contribution in [3.63, 3.8) is 0 Å². The van der Waals surface area contributed by atoms with Crippen molar-refractivity contribution < 1.29 is 4.39 Å². The van der Waals surface area contributed by atoms with E-state index in [2.05, 4.69) is 21.4 Å². The number of rotatable bonds is 5. The highest BCUT2D eigenvalue weighted by Gasteiger charge is 2.19. The normalized spacial score (nSPS) is 18.5. The summed E-state index contributed by atoms with van der Waals surface area (Å²) in [6.07, 6.45) is 6.56. The molecule has 2 rings (SSSR count). The van der Waals surface area contributed by atoms with Crippen molar-refractivity contribution in [3.05, 3.63) is 34.1 Å². The van der Waals surface area contributed by atoms with E-state index in [-0.39, 0.29) is 11.9 Å². The van der Waals surface area contributed by atoms with Gasteiger partial charge in [0.05, 0.1) is 6.04 Å². The first-order chi connectivity index (χ1) is 9.20. The quantitative estimate of drug-likeness (QED) is 0.621. The summed E-state index contributed by atoms with van der Waals surface area (Å²) < 4.78 is 14.7. The SMILES string of the molecule is NNC(CSC1CCCCC1)c1cc(Br)ccc1F. The van der Waals surface area contributed by atoms with Crippen LogP contribution in [0.15, 0.2) is 22.7 Å². The number of nitrogens with one attached hydrogen (secondary N) is 1. The fraction of sp³-hybridized carbons (Fsp3) is 0.571. The van der Waals surface area contributed by atoms with Crippen LogP contribution < -0.4 is 11.3 Å². The summed E-state index contributed by atoms with van der Waals surface area (Å²) >= 11 is 5.29. The van der Waals surface area contributed by atoms with Gasteiger partial charge in [0.15, 0.2) is 0 Å². The fourth-order valence-corrected chi connectivity index (χ4v) is 4.26. The lowest BCUT2D eigenvalue weighted by molar-refractivity contribution is 0.512. The van der Waals surface area contributed by atoms with Gasteiger partial charge in [-0.25, -0.2) is 4.39 Å². The molecule has 1 aliphatic rings. The summed E-state index contributed by atoms with van der Waals surface area (Å²) in [5.74, 6) is 6.21. The molecule has 2 nitrogen and oxygen atoms in total. The summed E-state index contributed by atoms with van der Waals surface area (Å²) in [6.45, 7) is 0. The van der Waals surface area contributed by atoms with E-state index in [1.807, 2.05) is 11.8 Å². The number of hydrazine groups is 1. The molecule has 1 saturated carbocycles. The van der Waals surface area contributed by atoms with Crippen LogP contribution in [0.1, 0.15) is 43.7 Å². The molecule has 0 saturated heterocycles. The van der Waals surface area contributed by atoms with Crippen LogP contribution in [-0.4, -0.2) is 11.0 Å². The highest BCUT2D eigenvalue weighted by molar-refractivity contribution is 9.10. The van der Waals surface area contributed by atoms with Crippen molar-refractivity contribution in [2.24, 2.45) is 5.84 Å². The van der Waals surface area contributed by atoms with E-state index < -0.39 is 0 Å². The van der Waals surface area contributed by atoms with E-state index >= 15 is 0 Å². The van der Waals surface area contributed by atoms with E-state index in [0.29, 0.717) is 10.8 Å². The molecule has 0 amide bonds. The van der Waals surface area contributed by atoms with Crippen LogP contribution in [0.4, 0.5) is 4.39 Å². The maximum absolute atomic E-state index is 13.8. The predicted octanol–water partition coefficient (Wildman–Crippen LogP) is 4.16. The third kappa shape index (κ3) is 4.45. The zero-order chi connectivity index (χ0) is 13.7. The Morgan fingerprint density at radius 2 is 2.11 bits per heavy atom. The lowest BCUT2D eigenvalue weighted by Gasteiger charge is -2.24. The van der Waals surface area contributed by atoms with Crippen molar-refractivity contribution in [1.29, 1.82) is 0 Å². The third-order valence-corrected chi connectivity index (χ3v) is 5.55. The van der Waals surface area contributed by atoms with Crippen molar-refractivity contribution >= 4 is 27.7 Å². The van der Waals surface area contributed by atoms with Crippen molar-refractivity contribution in [3.8, 4) is 0 Å². The van der Waals surface area contributed by atoms with Crippen molar-refractivity contribution in [2.45, 2.75) is 43.4 Å². The first kappa shape index (κ1) is 15.3. The Hall–Kier alpha value is -0.100. The smallest absolute Gasteiger partial charge is 0.128 e. The molecule has 0 radical (unpaired) electrons. The molecule has 19 heavy (non-hydrogen) atoms. The second kappa shape index (κ2) is 7.62. The van der Waals surface area contributed by atoms with Gasteiger partial charge in [0.25, 0.3) is 0 Å². The minimum Gasteiger partial charge on any atom is -0.271 e. The second-order valence-corrected chi connectivity index (χ2v) is 7.23. The minimum atomic E-state index is -0.199. The Morgan fingerprint density at radius 3 is 2.79 bits per heavy atom. The number of benzene rings is 1. The van der Waals surface area contributed by atoms with Crippen molar-refractivity contribution in [2.75, 3.05) is 5.75 Å². The van der Waals surface area contributed by atoms with Crippen LogP contribution in [0.3, 0.4) is 0 Å². The number of thioether (sulfide) groups is 1. The first-order valence-corrected chi connectivity index (χ1v) is 8.57. The molecule has 0 aromatic heterocycles. The number of hydrogen-bond donors (Lipinski definition) is 2. The lowest BCUT2D eigenvalue weighted by atomic mass is 10.0. The van der Waals surface area contributed by atoms with E-state index in [1.165, 1.54) is 38.2 Å². The van der Waals surface area contributed by atoms with Gasteiger partial charge in [-0.05, 0) is 31.0 Å². The van der Waals surface area contributed by atoms with E-state index in [9.17, 15) is 4.39 Å². The molecule has 1 atom stereocenters. The Morgan fingerprint density at radius 1 is 1.37 bits per heavy atom. The maximum atomic E-state index is 13.8. The van der Waals surface area contributed by atoms with Crippen LogP contribution in [0.2, 0.25) is 0 Å². The molecular formula is C14H20BrFN2S. The standard InChI is InChI=1S/C14H20BrFN2S/c15-10-6-7-13(16)12(8-10)14(18-17)9-19-11-4-2-1-3-5-11/h6-8,11,14,18H,1-5,9,17H2. The number of halogens is 2. The molecule has 0 bridgehead atoms. The molecule has 1 aliphatic carbocycles. The highest BCUT2D eigenvalue weighted by atomic mass is 79.9. The van der Waals surface area contributed by atoms with Crippen LogP contribution in [0.5, 0.6) is 0 Å². The van der Waals surface area contributed by atoms with E-state index in [1.54, 1.807) is 12.1 Å². The van der Waals surface area contributed by atoms with Crippen LogP contribution in [-0.2, 0) is 0 Å². The third-order valence-electron chi connectivity index (χ3n) is 3.59. The fourth-order valence-electron chi connectivity index (χ4n) is 2.47. The molecule has 0 heterocycles. The van der Waals surface area contributed by atoms with Crippen molar-refractivity contribution in [1.82, 2.24) is 5.43 Å². The topological polar surface area (TPSA) is 38.0 Å². The van der Waals surface area contributed by atoms with Gasteiger partial charge in [0, 0.05) is 21.0 Å². The van der Waals surface area contributed by atoms with Gasteiger partial charge >= 0.3 is 0 Å². The molecule has 3 N–H and O–H groups in total. The zero-order valence-corrected chi connectivity index (χ0v) is 13.3. The summed E-state index contributed by atoms with van der Waals surface area (Å²) in [5, 5.41) is 0.708. The molecule has 1 aromatic rings. The van der Waals surface area contributed by atoms with Gasteiger partial charge in [0.2, 0.25) is 0 Å². The summed E-state index contributed by atoms with van der Waals surface area (Å²) in [5.41, 5.74) is 3.38. The van der Waals surface area contributed by atoms with Gasteiger partial charge < -0.3 is 0 Å². The molecule has 0 spiro atoms. The lowest BCUT2D eigenvalue weighted by Crippen LogP contribution is -2.31. The maximum Gasteiger partial charge on any atom is 0.128 e. The van der Waals surface area contributed by atoms with E-state index in [4.69, 9.17) is 5.84 Å². The molecule has 1 fully saturated rings. The molecule has 1 unspecified atom stereocenters. The summed E-state index contributed by atoms with van der Waals surface area (Å²) in [7, 11) is 0. The molecule has 0 aliphatic heterocycles. The average molecular weight is 347 g/mol. The minimum absolute atomic E-state index is 0.135. The molecule has 5 heteroatoms. The molecular weight excluding hydrogens is 327 g/mol. The average Bonchev–Trinajstić information content (AvgIpc) is 2.44. The number of hydrogen-bond acceptors (Lipinski definition) is 3. The summed E-state index contributed by atoms with van der Waals surface area (Å²) in [6, 6.07) is 4.86. The monoisotopic (exact) mass is 346 g/mol. The van der Waals surface area contributed by atoms with Crippen LogP contribution in [0.25, 0.3) is 0 Å². The van der Waals surface area contributed by atoms with Gasteiger partial charge in [0.1, 0.15) is 5.82 Å². The van der Waals surface area contributed by atoms with Gasteiger partial charge in [-0.1, -0.05) is 35.2 Å². The highest BCUT2D eigenvalue weighted by Crippen LogP contribution is 2.32. The van der Waals surface area contributed by atoms with Gasteiger partial charge in [-0.2, -0.15) is 11.8 Å². The molecule has 1 aromatic carbocycles. The predicted molar refractivity (Wildman–Crippen MR) is 83.5 cm³/mol. The molecule has 106 valence electrons. The van der Waals surface area contributed by atoms with Gasteiger partial charge in [-0.15, -0.1) is 0 Å². The van der Waals surface area contributed by atoms with Gasteiger partial charge in [-0.3, -0.25) is 11.3 Å². The Labute approximate surface area is 126 Å². The van der Waals surface area contributed by atoms with Crippen LogP contribution in [0, 0.1) is 5.82 Å². The largest absolute Gasteiger partial charge is 0.271 e. The van der Waals surface area contributed by atoms with Crippen LogP contribution >= 0.6 is 27.7 Å². The summed E-state index contributed by atoms with van der Waals surface area (Å²) in [4.78, 5) is 0. The Bertz CT molecular complexity index is 410. The number of nitrogens with two attached hydrogens (primary N) is 1. The first-order valence-electron chi connectivity index (χ1n) is 6.73.